The molecule has 114 valence electrons. The summed E-state index contributed by atoms with van der Waals surface area (Å²) in [4.78, 5) is 15.3. The Bertz CT molecular complexity index is 664. The van der Waals surface area contributed by atoms with Gasteiger partial charge in [-0.25, -0.2) is 4.98 Å². The van der Waals surface area contributed by atoms with E-state index in [-0.39, 0.29) is 16.1 Å². The number of thiazole rings is 1. The van der Waals surface area contributed by atoms with Gasteiger partial charge in [0.1, 0.15) is 5.69 Å². The molecule has 2 rings (SSSR count). The zero-order valence-corrected chi connectivity index (χ0v) is 13.3. The smallest absolute Gasteiger partial charge is 0.293 e. The molecule has 0 amide bonds. The minimum absolute atomic E-state index is 0.0701. The lowest BCUT2D eigenvalue weighted by atomic mass is 9.94. The molecule has 0 unspecified atom stereocenters. The highest BCUT2D eigenvalue weighted by molar-refractivity contribution is 7.18. The van der Waals surface area contributed by atoms with Gasteiger partial charge in [-0.05, 0) is 25.8 Å². The lowest BCUT2D eigenvalue weighted by Gasteiger charge is -2.27. The normalized spacial score (nSPS) is 11.8. The van der Waals surface area contributed by atoms with Crippen molar-refractivity contribution in [1.29, 1.82) is 0 Å². The fourth-order valence-corrected chi connectivity index (χ4v) is 2.98. The van der Waals surface area contributed by atoms with Gasteiger partial charge in [-0.15, -0.1) is 11.3 Å². The summed E-state index contributed by atoms with van der Waals surface area (Å²) in [6.07, 6.45) is 1.62. The molecule has 6 nitrogen and oxygen atoms in total. The third-order valence-corrected chi connectivity index (χ3v) is 4.78. The van der Waals surface area contributed by atoms with Crippen LogP contribution in [0.25, 0.3) is 10.2 Å². The van der Waals surface area contributed by atoms with E-state index in [4.69, 9.17) is 5.73 Å². The van der Waals surface area contributed by atoms with E-state index < -0.39 is 0 Å². The first-order chi connectivity index (χ1) is 9.88. The molecule has 0 spiro atoms. The number of nitro benzene ring substituents is 1. The fourth-order valence-electron chi connectivity index (χ4n) is 2.14. The molecule has 0 aliphatic carbocycles. The summed E-state index contributed by atoms with van der Waals surface area (Å²) < 4.78 is 0.828. The van der Waals surface area contributed by atoms with Crippen molar-refractivity contribution in [3.63, 3.8) is 0 Å². The van der Waals surface area contributed by atoms with Gasteiger partial charge in [0.25, 0.3) is 5.69 Å². The average Bonchev–Trinajstić information content (AvgIpc) is 2.82. The van der Waals surface area contributed by atoms with E-state index in [1.54, 1.807) is 12.1 Å². The number of benzene rings is 1. The summed E-state index contributed by atoms with van der Waals surface area (Å²) >= 11 is 1.46. The van der Waals surface area contributed by atoms with Crippen LogP contribution in [0.15, 0.2) is 12.1 Å². The molecular weight excluding hydrogens is 288 g/mol. The molecule has 2 aromatic rings. The van der Waals surface area contributed by atoms with Crippen LogP contribution in [0.2, 0.25) is 0 Å². The number of fused-ring (bicyclic) bond motifs is 1. The first kappa shape index (κ1) is 15.7. The van der Waals surface area contributed by atoms with Gasteiger partial charge in [0.05, 0.1) is 20.1 Å². The summed E-state index contributed by atoms with van der Waals surface area (Å²) in [5.74, 6) is 0. The molecule has 1 aromatic heterocycles. The number of nitrogens with two attached hydrogens (primary N) is 1. The molecule has 0 aliphatic heterocycles. The van der Waals surface area contributed by atoms with Crippen molar-refractivity contribution in [3.05, 3.63) is 27.3 Å². The van der Waals surface area contributed by atoms with Gasteiger partial charge in [0.2, 0.25) is 0 Å². The highest BCUT2D eigenvalue weighted by atomic mass is 32.1. The Balaban J connectivity index is 2.37. The maximum Gasteiger partial charge on any atom is 0.293 e. The Morgan fingerprint density at radius 3 is 2.67 bits per heavy atom. The second-order valence-electron chi connectivity index (χ2n) is 5.25. The molecule has 21 heavy (non-hydrogen) atoms. The Hall–Kier alpha value is -1.73. The summed E-state index contributed by atoms with van der Waals surface area (Å²) in [5, 5.41) is 15.3. The third-order valence-electron chi connectivity index (χ3n) is 3.85. The van der Waals surface area contributed by atoms with E-state index in [0.29, 0.717) is 12.2 Å². The third kappa shape index (κ3) is 3.30. The van der Waals surface area contributed by atoms with E-state index in [1.807, 2.05) is 20.8 Å². The van der Waals surface area contributed by atoms with Gasteiger partial charge >= 0.3 is 0 Å². The number of nitro groups is 1. The highest BCUT2D eigenvalue weighted by Crippen LogP contribution is 2.33. The van der Waals surface area contributed by atoms with E-state index >= 15 is 0 Å². The topological polar surface area (TPSA) is 94.1 Å². The van der Waals surface area contributed by atoms with Crippen LogP contribution < -0.4 is 11.1 Å². The molecule has 0 bridgehead atoms. The number of aromatic nitrogens is 1. The molecule has 3 N–H and O–H groups in total. The molecule has 1 heterocycles. The molecule has 0 radical (unpaired) electrons. The second-order valence-corrected chi connectivity index (χ2v) is 6.48. The maximum absolute atomic E-state index is 11.3. The lowest BCUT2D eigenvalue weighted by Crippen LogP contribution is -2.45. The van der Waals surface area contributed by atoms with Crippen molar-refractivity contribution in [2.45, 2.75) is 39.2 Å². The van der Waals surface area contributed by atoms with E-state index in [2.05, 4.69) is 10.3 Å². The molecule has 7 heteroatoms. The quantitative estimate of drug-likeness (QED) is 0.629. The van der Waals surface area contributed by atoms with Crippen LogP contribution in [-0.2, 0) is 0 Å². The van der Waals surface area contributed by atoms with Crippen LogP contribution in [0.1, 0.15) is 31.7 Å². The van der Waals surface area contributed by atoms with Crippen molar-refractivity contribution < 1.29 is 4.92 Å². The largest absolute Gasteiger partial charge is 0.378 e. The Morgan fingerprint density at radius 2 is 2.10 bits per heavy atom. The van der Waals surface area contributed by atoms with Crippen LogP contribution in [-0.4, -0.2) is 22.0 Å². The molecule has 1 aromatic carbocycles. The van der Waals surface area contributed by atoms with Crippen molar-refractivity contribution in [1.82, 2.24) is 4.98 Å². The predicted molar refractivity (Wildman–Crippen MR) is 87.0 cm³/mol. The highest BCUT2D eigenvalue weighted by Gasteiger charge is 2.23. The van der Waals surface area contributed by atoms with Gasteiger partial charge in [0, 0.05) is 18.2 Å². The van der Waals surface area contributed by atoms with E-state index in [0.717, 1.165) is 28.1 Å². The first-order valence-electron chi connectivity index (χ1n) is 6.97. The molecule has 0 saturated carbocycles. The lowest BCUT2D eigenvalue weighted by molar-refractivity contribution is -0.383. The van der Waals surface area contributed by atoms with Gasteiger partial charge in [0.15, 0.2) is 0 Å². The Kier molecular flexibility index (Phi) is 4.43. The van der Waals surface area contributed by atoms with Crippen LogP contribution in [0.3, 0.4) is 0 Å². The number of hydrogen-bond donors (Lipinski definition) is 2. The monoisotopic (exact) mass is 308 g/mol. The number of nitrogens with one attached hydrogen (secondary N) is 1. The molecule has 0 saturated heterocycles. The van der Waals surface area contributed by atoms with Crippen molar-refractivity contribution in [2.75, 3.05) is 11.9 Å². The summed E-state index contributed by atoms with van der Waals surface area (Å²) in [6, 6.07) is 3.32. The van der Waals surface area contributed by atoms with Crippen molar-refractivity contribution >= 4 is 32.9 Å². The average molecular weight is 308 g/mol. The molecule has 0 fully saturated rings. The summed E-state index contributed by atoms with van der Waals surface area (Å²) in [5.41, 5.74) is 7.21. The Labute approximate surface area is 127 Å². The standard InChI is InChI=1S/C14H20N4O2S/c1-4-14(15,5-2)8-16-10-6-11-13(21-9(3)17-11)7-12(10)18(19)20/h6-7,16H,4-5,8,15H2,1-3H3. The van der Waals surface area contributed by atoms with Gasteiger partial charge in [-0.2, -0.15) is 0 Å². The maximum atomic E-state index is 11.3. The first-order valence-corrected chi connectivity index (χ1v) is 7.78. The van der Waals surface area contributed by atoms with Gasteiger partial charge in [-0.1, -0.05) is 13.8 Å². The molecular formula is C14H20N4O2S. The van der Waals surface area contributed by atoms with Crippen molar-refractivity contribution in [2.24, 2.45) is 5.73 Å². The zero-order chi connectivity index (χ0) is 15.6. The van der Waals surface area contributed by atoms with E-state index in [9.17, 15) is 10.1 Å². The SMILES string of the molecule is CCC(N)(CC)CNc1cc2nc(C)sc2cc1[N+](=O)[O-]. The van der Waals surface area contributed by atoms with Crippen LogP contribution in [0, 0.1) is 17.0 Å². The molecule has 0 atom stereocenters. The van der Waals surface area contributed by atoms with Crippen LogP contribution in [0.4, 0.5) is 11.4 Å². The number of aryl methyl sites for hydroxylation is 1. The fraction of sp³-hybridized carbons (Fsp3) is 0.500. The van der Waals surface area contributed by atoms with Crippen LogP contribution >= 0.6 is 11.3 Å². The number of rotatable bonds is 6. The number of hydrogen-bond acceptors (Lipinski definition) is 6. The number of nitrogens with zero attached hydrogens (tertiary/aromatic N) is 2. The van der Waals surface area contributed by atoms with Crippen LogP contribution in [0.5, 0.6) is 0 Å². The predicted octanol–water partition coefficient (Wildman–Crippen LogP) is 3.44. The minimum Gasteiger partial charge on any atom is -0.378 e. The Morgan fingerprint density at radius 1 is 1.43 bits per heavy atom. The van der Waals surface area contributed by atoms with Gasteiger partial charge < -0.3 is 11.1 Å². The van der Waals surface area contributed by atoms with Crippen molar-refractivity contribution in [3.8, 4) is 0 Å². The molecule has 0 aliphatic rings. The van der Waals surface area contributed by atoms with Gasteiger partial charge in [-0.3, -0.25) is 10.1 Å². The zero-order valence-electron chi connectivity index (χ0n) is 12.5. The van der Waals surface area contributed by atoms with E-state index in [1.165, 1.54) is 11.3 Å². The number of anilines is 1. The summed E-state index contributed by atoms with van der Waals surface area (Å²) in [7, 11) is 0. The minimum atomic E-state index is -0.368. The summed E-state index contributed by atoms with van der Waals surface area (Å²) in [6.45, 7) is 6.43. The second kappa shape index (κ2) is 5.95.